The van der Waals surface area contributed by atoms with Crippen LogP contribution in [0.1, 0.15) is 18.4 Å². The van der Waals surface area contributed by atoms with E-state index in [1.54, 1.807) is 11.0 Å². The fraction of sp³-hybridized carbons (Fsp3) is 0.478. The van der Waals surface area contributed by atoms with Gasteiger partial charge in [-0.2, -0.15) is 0 Å². The van der Waals surface area contributed by atoms with Crippen molar-refractivity contribution < 1.29 is 9.59 Å². The van der Waals surface area contributed by atoms with Gasteiger partial charge in [-0.15, -0.1) is 0 Å². The Kier molecular flexibility index (Phi) is 6.64. The van der Waals surface area contributed by atoms with Crippen LogP contribution in [-0.4, -0.2) is 77.9 Å². The SMILES string of the molecule is CN1CCN(c2cc(NCC(=O)N3CCC(Cc4ccccc4)CC3)ncn2)CC1=O. The van der Waals surface area contributed by atoms with E-state index in [1.165, 1.54) is 11.9 Å². The van der Waals surface area contributed by atoms with Crippen LogP contribution in [0.4, 0.5) is 11.6 Å². The summed E-state index contributed by atoms with van der Waals surface area (Å²) < 4.78 is 0. The molecule has 0 spiro atoms. The summed E-state index contributed by atoms with van der Waals surface area (Å²) in [5, 5.41) is 3.13. The van der Waals surface area contributed by atoms with Crippen LogP contribution >= 0.6 is 0 Å². The summed E-state index contributed by atoms with van der Waals surface area (Å²) in [6.07, 6.45) is 4.63. The molecule has 164 valence electrons. The summed E-state index contributed by atoms with van der Waals surface area (Å²) in [4.78, 5) is 38.7. The molecular formula is C23H30N6O2. The second kappa shape index (κ2) is 9.76. The predicted molar refractivity (Wildman–Crippen MR) is 120 cm³/mol. The van der Waals surface area contributed by atoms with Crippen molar-refractivity contribution in [3.05, 3.63) is 48.3 Å². The number of likely N-dealkylation sites (N-methyl/N-ethyl adjacent to an activating group) is 1. The highest BCUT2D eigenvalue weighted by Gasteiger charge is 2.24. The number of rotatable bonds is 6. The fourth-order valence-corrected chi connectivity index (χ4v) is 4.18. The van der Waals surface area contributed by atoms with Gasteiger partial charge in [-0.25, -0.2) is 9.97 Å². The number of nitrogens with one attached hydrogen (secondary N) is 1. The molecule has 1 aromatic heterocycles. The molecule has 2 saturated heterocycles. The third-order valence-corrected chi connectivity index (χ3v) is 6.19. The van der Waals surface area contributed by atoms with Crippen molar-refractivity contribution in [3.8, 4) is 0 Å². The highest BCUT2D eigenvalue weighted by Crippen LogP contribution is 2.22. The lowest BCUT2D eigenvalue weighted by Crippen LogP contribution is -2.48. The van der Waals surface area contributed by atoms with E-state index in [4.69, 9.17) is 0 Å². The number of aromatic nitrogens is 2. The van der Waals surface area contributed by atoms with Crippen LogP contribution < -0.4 is 10.2 Å². The fourth-order valence-electron chi connectivity index (χ4n) is 4.18. The molecule has 2 aromatic rings. The van der Waals surface area contributed by atoms with Gasteiger partial charge in [0.25, 0.3) is 0 Å². The molecule has 1 N–H and O–H groups in total. The van der Waals surface area contributed by atoms with Gasteiger partial charge >= 0.3 is 0 Å². The second-order valence-electron chi connectivity index (χ2n) is 8.37. The first-order valence-electron chi connectivity index (χ1n) is 10.9. The van der Waals surface area contributed by atoms with Gasteiger partial charge < -0.3 is 20.0 Å². The van der Waals surface area contributed by atoms with E-state index in [0.29, 0.717) is 30.6 Å². The number of anilines is 2. The van der Waals surface area contributed by atoms with Gasteiger partial charge in [0.15, 0.2) is 0 Å². The summed E-state index contributed by atoms with van der Waals surface area (Å²) in [5.41, 5.74) is 1.37. The van der Waals surface area contributed by atoms with Crippen molar-refractivity contribution in [1.82, 2.24) is 19.8 Å². The van der Waals surface area contributed by atoms with Gasteiger partial charge in [0.05, 0.1) is 13.1 Å². The molecular weight excluding hydrogens is 392 g/mol. The number of hydrogen-bond donors (Lipinski definition) is 1. The predicted octanol–water partition coefficient (Wildman–Crippen LogP) is 1.65. The van der Waals surface area contributed by atoms with E-state index in [0.717, 1.165) is 38.9 Å². The Balaban J connectivity index is 1.24. The Morgan fingerprint density at radius 2 is 1.87 bits per heavy atom. The van der Waals surface area contributed by atoms with Crippen molar-refractivity contribution >= 4 is 23.5 Å². The lowest BCUT2D eigenvalue weighted by atomic mass is 9.90. The topological polar surface area (TPSA) is 81.7 Å². The molecule has 8 nitrogen and oxygen atoms in total. The van der Waals surface area contributed by atoms with Crippen LogP contribution in [-0.2, 0) is 16.0 Å². The van der Waals surface area contributed by atoms with Crippen LogP contribution in [0.3, 0.4) is 0 Å². The molecule has 31 heavy (non-hydrogen) atoms. The van der Waals surface area contributed by atoms with Crippen molar-refractivity contribution in [1.29, 1.82) is 0 Å². The zero-order chi connectivity index (χ0) is 21.6. The Bertz CT molecular complexity index is 898. The normalized spacial score (nSPS) is 17.7. The minimum atomic E-state index is 0.0743. The Hall–Kier alpha value is -3.16. The summed E-state index contributed by atoms with van der Waals surface area (Å²) in [5.74, 6) is 2.10. The maximum Gasteiger partial charge on any atom is 0.241 e. The van der Waals surface area contributed by atoms with Crippen LogP contribution in [0.15, 0.2) is 42.7 Å². The van der Waals surface area contributed by atoms with Crippen molar-refractivity contribution in [2.75, 3.05) is 56.5 Å². The number of piperidine rings is 1. The summed E-state index contributed by atoms with van der Waals surface area (Å²) in [6, 6.07) is 12.4. The number of hydrogen-bond acceptors (Lipinski definition) is 6. The highest BCUT2D eigenvalue weighted by molar-refractivity contribution is 5.82. The standard InChI is InChI=1S/C23H30N6O2/c1-27-11-12-29(16-23(27)31)21-14-20(25-17-26-21)24-15-22(30)28-9-7-19(8-10-28)13-18-5-3-2-4-6-18/h2-6,14,17,19H,7-13,15-16H2,1H3,(H,24,25,26). The van der Waals surface area contributed by atoms with Crippen LogP contribution in [0.2, 0.25) is 0 Å². The molecule has 2 aliphatic heterocycles. The van der Waals surface area contributed by atoms with E-state index in [2.05, 4.69) is 39.6 Å². The number of benzene rings is 1. The molecule has 0 aliphatic carbocycles. The van der Waals surface area contributed by atoms with Crippen molar-refractivity contribution in [2.24, 2.45) is 5.92 Å². The molecule has 2 fully saturated rings. The zero-order valence-corrected chi connectivity index (χ0v) is 18.0. The molecule has 1 aromatic carbocycles. The third-order valence-electron chi connectivity index (χ3n) is 6.19. The molecule has 0 bridgehead atoms. The second-order valence-corrected chi connectivity index (χ2v) is 8.37. The van der Waals surface area contributed by atoms with Crippen LogP contribution in [0.25, 0.3) is 0 Å². The molecule has 2 amide bonds. The molecule has 0 saturated carbocycles. The summed E-state index contributed by atoms with van der Waals surface area (Å²) >= 11 is 0. The maximum atomic E-state index is 12.7. The van der Waals surface area contributed by atoms with E-state index in [-0.39, 0.29) is 18.4 Å². The maximum absolute atomic E-state index is 12.7. The van der Waals surface area contributed by atoms with Gasteiger partial charge in [-0.1, -0.05) is 30.3 Å². The van der Waals surface area contributed by atoms with E-state index >= 15 is 0 Å². The number of nitrogens with zero attached hydrogens (tertiary/aromatic N) is 5. The van der Waals surface area contributed by atoms with Crippen LogP contribution in [0, 0.1) is 5.92 Å². The number of piperazine rings is 1. The Morgan fingerprint density at radius 1 is 1.10 bits per heavy atom. The quantitative estimate of drug-likeness (QED) is 0.762. The molecule has 0 unspecified atom stereocenters. The minimum Gasteiger partial charge on any atom is -0.361 e. The molecule has 8 heteroatoms. The number of likely N-dealkylation sites (tertiary alicyclic amines) is 1. The first kappa shape index (κ1) is 21.1. The van der Waals surface area contributed by atoms with Gasteiger partial charge in [0, 0.05) is 39.3 Å². The minimum absolute atomic E-state index is 0.0743. The van der Waals surface area contributed by atoms with Gasteiger partial charge in [-0.3, -0.25) is 9.59 Å². The van der Waals surface area contributed by atoms with E-state index < -0.39 is 0 Å². The monoisotopic (exact) mass is 422 g/mol. The van der Waals surface area contributed by atoms with Gasteiger partial charge in [0.2, 0.25) is 11.8 Å². The van der Waals surface area contributed by atoms with Crippen LogP contribution in [0.5, 0.6) is 0 Å². The van der Waals surface area contributed by atoms with Crippen molar-refractivity contribution in [2.45, 2.75) is 19.3 Å². The Labute approximate surface area is 183 Å². The molecule has 0 radical (unpaired) electrons. The average Bonchev–Trinajstić information content (AvgIpc) is 2.81. The Morgan fingerprint density at radius 3 is 2.61 bits per heavy atom. The molecule has 3 heterocycles. The van der Waals surface area contributed by atoms with Crippen molar-refractivity contribution in [3.63, 3.8) is 0 Å². The van der Waals surface area contributed by atoms with E-state index in [1.807, 2.05) is 22.9 Å². The smallest absolute Gasteiger partial charge is 0.241 e. The largest absolute Gasteiger partial charge is 0.361 e. The first-order valence-corrected chi connectivity index (χ1v) is 10.9. The third kappa shape index (κ3) is 5.51. The highest BCUT2D eigenvalue weighted by atomic mass is 16.2. The van der Waals surface area contributed by atoms with E-state index in [9.17, 15) is 9.59 Å². The average molecular weight is 423 g/mol. The van der Waals surface area contributed by atoms with Gasteiger partial charge in [-0.05, 0) is 30.7 Å². The van der Waals surface area contributed by atoms with Gasteiger partial charge in [0.1, 0.15) is 18.0 Å². The number of amides is 2. The lowest BCUT2D eigenvalue weighted by Gasteiger charge is -2.33. The zero-order valence-electron chi connectivity index (χ0n) is 18.0. The molecule has 2 aliphatic rings. The molecule has 0 atom stereocenters. The summed E-state index contributed by atoms with van der Waals surface area (Å²) in [6.45, 7) is 3.53. The summed E-state index contributed by atoms with van der Waals surface area (Å²) in [7, 11) is 1.81. The number of carbonyl (C=O) groups excluding carboxylic acids is 2. The lowest BCUT2D eigenvalue weighted by molar-refractivity contribution is -0.131. The molecule has 4 rings (SSSR count). The number of carbonyl (C=O) groups is 2. The first-order chi connectivity index (χ1) is 15.1.